The van der Waals surface area contributed by atoms with Crippen LogP contribution >= 0.6 is 11.3 Å². The average molecular weight is 289 g/mol. The zero-order valence-corrected chi connectivity index (χ0v) is 13.8. The van der Waals surface area contributed by atoms with Crippen molar-refractivity contribution >= 4 is 16.5 Å². The lowest BCUT2D eigenvalue weighted by atomic mass is 10.1. The normalized spacial score (nSPS) is 15.7. The van der Waals surface area contributed by atoms with Crippen LogP contribution in [-0.4, -0.2) is 15.1 Å². The van der Waals surface area contributed by atoms with Crippen molar-refractivity contribution in [1.82, 2.24) is 9.55 Å². The van der Waals surface area contributed by atoms with Gasteiger partial charge in [0.05, 0.1) is 5.69 Å². The fourth-order valence-corrected chi connectivity index (χ4v) is 3.63. The summed E-state index contributed by atoms with van der Waals surface area (Å²) >= 11 is 1.69. The van der Waals surface area contributed by atoms with Crippen LogP contribution in [0, 0.1) is 13.8 Å². The van der Waals surface area contributed by atoms with Crippen molar-refractivity contribution in [1.29, 1.82) is 0 Å². The van der Waals surface area contributed by atoms with Crippen molar-refractivity contribution in [3.63, 3.8) is 0 Å². The first-order chi connectivity index (χ1) is 9.35. The Hall–Kier alpha value is -1.29. The van der Waals surface area contributed by atoms with Crippen molar-refractivity contribution in [2.45, 2.75) is 59.0 Å². The van der Waals surface area contributed by atoms with Gasteiger partial charge in [-0.15, -0.1) is 11.3 Å². The number of nitrogens with zero attached hydrogens (tertiary/aromatic N) is 2. The van der Waals surface area contributed by atoms with Crippen LogP contribution in [0.4, 0.5) is 5.13 Å². The third-order valence-electron chi connectivity index (χ3n) is 3.66. The summed E-state index contributed by atoms with van der Waals surface area (Å²) in [5.41, 5.74) is 5.16. The van der Waals surface area contributed by atoms with Gasteiger partial charge in [-0.3, -0.25) is 0 Å². The number of rotatable bonds is 3. The van der Waals surface area contributed by atoms with E-state index in [-0.39, 0.29) is 5.54 Å². The fourth-order valence-electron chi connectivity index (χ4n) is 2.71. The molecule has 1 aliphatic carbocycles. The first kappa shape index (κ1) is 13.7. The first-order valence-electron chi connectivity index (χ1n) is 7.27. The molecule has 0 radical (unpaired) electrons. The minimum atomic E-state index is 0.0556. The summed E-state index contributed by atoms with van der Waals surface area (Å²) in [6.07, 6.45) is 2.65. The molecule has 2 heterocycles. The number of hydrogen-bond acceptors (Lipinski definition) is 3. The standard InChI is InChI=1S/C16H23N3S/c1-10-8-13(11(2)19(10)12-6-7-12)14-9-20-15(17-14)18-16(3,4)5/h8-9,12H,6-7H2,1-5H3,(H,17,18). The average Bonchev–Trinajstić information content (AvgIpc) is 2.97. The molecular formula is C16H23N3S. The lowest BCUT2D eigenvalue weighted by molar-refractivity contribution is 0.633. The Morgan fingerprint density at radius 1 is 1.30 bits per heavy atom. The summed E-state index contributed by atoms with van der Waals surface area (Å²) < 4.78 is 2.48. The molecule has 108 valence electrons. The molecule has 0 saturated heterocycles. The van der Waals surface area contributed by atoms with E-state index in [9.17, 15) is 0 Å². The topological polar surface area (TPSA) is 29.9 Å². The summed E-state index contributed by atoms with van der Waals surface area (Å²) in [5, 5.41) is 6.61. The largest absolute Gasteiger partial charge is 0.357 e. The van der Waals surface area contributed by atoms with E-state index >= 15 is 0 Å². The Morgan fingerprint density at radius 2 is 2.00 bits per heavy atom. The zero-order chi connectivity index (χ0) is 14.5. The SMILES string of the molecule is Cc1cc(-c2csc(NC(C)(C)C)n2)c(C)n1C1CC1. The molecule has 0 aromatic carbocycles. The van der Waals surface area contributed by atoms with Crippen molar-refractivity contribution in [3.05, 3.63) is 22.8 Å². The van der Waals surface area contributed by atoms with E-state index < -0.39 is 0 Å². The molecule has 1 aliphatic rings. The van der Waals surface area contributed by atoms with Gasteiger partial charge in [-0.25, -0.2) is 4.98 Å². The van der Waals surface area contributed by atoms with E-state index in [1.54, 1.807) is 11.3 Å². The number of aryl methyl sites for hydroxylation is 1. The summed E-state index contributed by atoms with van der Waals surface area (Å²) in [7, 11) is 0. The van der Waals surface area contributed by atoms with Crippen LogP contribution in [0.1, 0.15) is 51.0 Å². The van der Waals surface area contributed by atoms with Crippen molar-refractivity contribution in [2.24, 2.45) is 0 Å². The molecule has 4 heteroatoms. The molecule has 0 aliphatic heterocycles. The highest BCUT2D eigenvalue weighted by Gasteiger charge is 2.27. The van der Waals surface area contributed by atoms with Gasteiger partial charge in [0, 0.05) is 33.9 Å². The molecule has 3 rings (SSSR count). The van der Waals surface area contributed by atoms with Crippen LogP contribution in [0.3, 0.4) is 0 Å². The van der Waals surface area contributed by atoms with Gasteiger partial charge in [0.25, 0.3) is 0 Å². The van der Waals surface area contributed by atoms with E-state index in [4.69, 9.17) is 4.98 Å². The van der Waals surface area contributed by atoms with Gasteiger partial charge in [-0.05, 0) is 53.5 Å². The van der Waals surface area contributed by atoms with Gasteiger partial charge in [-0.1, -0.05) is 0 Å². The van der Waals surface area contributed by atoms with Crippen LogP contribution < -0.4 is 5.32 Å². The summed E-state index contributed by atoms with van der Waals surface area (Å²) in [4.78, 5) is 4.75. The Morgan fingerprint density at radius 3 is 2.60 bits per heavy atom. The maximum atomic E-state index is 4.75. The van der Waals surface area contributed by atoms with Gasteiger partial charge >= 0.3 is 0 Å². The number of aromatic nitrogens is 2. The number of nitrogens with one attached hydrogen (secondary N) is 1. The van der Waals surface area contributed by atoms with Crippen molar-refractivity contribution in [2.75, 3.05) is 5.32 Å². The maximum Gasteiger partial charge on any atom is 0.183 e. The molecule has 0 atom stereocenters. The molecule has 3 nitrogen and oxygen atoms in total. The van der Waals surface area contributed by atoms with Gasteiger partial charge in [0.1, 0.15) is 0 Å². The fraction of sp³-hybridized carbons (Fsp3) is 0.562. The van der Waals surface area contributed by atoms with Crippen LogP contribution in [0.15, 0.2) is 11.4 Å². The second-order valence-corrected chi connectivity index (χ2v) is 7.66. The van der Waals surface area contributed by atoms with Crippen LogP contribution in [-0.2, 0) is 0 Å². The van der Waals surface area contributed by atoms with E-state index in [2.05, 4.69) is 55.9 Å². The molecule has 1 N–H and O–H groups in total. The van der Waals surface area contributed by atoms with Gasteiger partial charge in [-0.2, -0.15) is 0 Å². The summed E-state index contributed by atoms with van der Waals surface area (Å²) in [6.45, 7) is 10.9. The Bertz CT molecular complexity index is 627. The van der Waals surface area contributed by atoms with Gasteiger partial charge in [0.2, 0.25) is 0 Å². The van der Waals surface area contributed by atoms with Gasteiger partial charge in [0.15, 0.2) is 5.13 Å². The molecule has 1 saturated carbocycles. The maximum absolute atomic E-state index is 4.75. The quantitative estimate of drug-likeness (QED) is 0.881. The monoisotopic (exact) mass is 289 g/mol. The second-order valence-electron chi connectivity index (χ2n) is 6.80. The van der Waals surface area contributed by atoms with E-state index in [0.29, 0.717) is 0 Å². The molecule has 0 amide bonds. The van der Waals surface area contributed by atoms with E-state index in [1.807, 2.05) is 0 Å². The smallest absolute Gasteiger partial charge is 0.183 e. The minimum Gasteiger partial charge on any atom is -0.357 e. The Kier molecular flexibility index (Phi) is 3.16. The predicted molar refractivity (Wildman–Crippen MR) is 86.7 cm³/mol. The highest BCUT2D eigenvalue weighted by molar-refractivity contribution is 7.14. The third-order valence-corrected chi connectivity index (χ3v) is 4.42. The van der Waals surface area contributed by atoms with Crippen LogP contribution in [0.25, 0.3) is 11.3 Å². The second kappa shape index (κ2) is 4.62. The van der Waals surface area contributed by atoms with Crippen LogP contribution in [0.2, 0.25) is 0 Å². The molecule has 0 spiro atoms. The molecule has 0 unspecified atom stereocenters. The Balaban J connectivity index is 1.92. The number of hydrogen-bond donors (Lipinski definition) is 1. The highest BCUT2D eigenvalue weighted by atomic mass is 32.1. The van der Waals surface area contributed by atoms with E-state index in [1.165, 1.54) is 29.8 Å². The minimum absolute atomic E-state index is 0.0556. The predicted octanol–water partition coefficient (Wildman–Crippen LogP) is 4.77. The molecule has 0 bridgehead atoms. The number of thiazole rings is 1. The molecule has 20 heavy (non-hydrogen) atoms. The van der Waals surface area contributed by atoms with Crippen molar-refractivity contribution in [3.8, 4) is 11.3 Å². The summed E-state index contributed by atoms with van der Waals surface area (Å²) in [6, 6.07) is 3.01. The van der Waals surface area contributed by atoms with Gasteiger partial charge < -0.3 is 9.88 Å². The lowest BCUT2D eigenvalue weighted by Crippen LogP contribution is -2.25. The Labute approximate surface area is 125 Å². The lowest BCUT2D eigenvalue weighted by Gasteiger charge is -2.19. The molecule has 1 fully saturated rings. The third kappa shape index (κ3) is 2.62. The molecule has 2 aromatic rings. The highest BCUT2D eigenvalue weighted by Crippen LogP contribution is 2.40. The molecule has 2 aromatic heterocycles. The molecular weight excluding hydrogens is 266 g/mol. The zero-order valence-electron chi connectivity index (χ0n) is 12.9. The van der Waals surface area contributed by atoms with E-state index in [0.717, 1.165) is 16.9 Å². The summed E-state index contributed by atoms with van der Waals surface area (Å²) in [5.74, 6) is 0. The number of anilines is 1. The van der Waals surface area contributed by atoms with Crippen molar-refractivity contribution < 1.29 is 0 Å². The van der Waals surface area contributed by atoms with Crippen LogP contribution in [0.5, 0.6) is 0 Å². The first-order valence-corrected chi connectivity index (χ1v) is 8.15.